The smallest absolute Gasteiger partial charge is 0.0547 e. The molecule has 11 aromatic rings. The van der Waals surface area contributed by atoms with Gasteiger partial charge in [-0.2, -0.15) is 0 Å². The minimum Gasteiger partial charge on any atom is -0.309 e. The monoisotopic (exact) mass is 660 g/mol. The van der Waals surface area contributed by atoms with Crippen LogP contribution in [0.25, 0.3) is 98.8 Å². The predicted octanol–water partition coefficient (Wildman–Crippen LogP) is 13.5. The summed E-state index contributed by atoms with van der Waals surface area (Å²) in [6.45, 7) is 0. The van der Waals surface area contributed by atoms with E-state index in [0.29, 0.717) is 0 Å². The predicted molar refractivity (Wildman–Crippen MR) is 221 cm³/mol. The molecule has 2 heterocycles. The van der Waals surface area contributed by atoms with Gasteiger partial charge in [-0.05, 0) is 98.4 Å². The number of hydrogen-bond donors (Lipinski definition) is 0. The molecule has 0 radical (unpaired) electrons. The summed E-state index contributed by atoms with van der Waals surface area (Å²) in [7, 11) is 0. The summed E-state index contributed by atoms with van der Waals surface area (Å²) in [6, 6.07) is 71.0. The summed E-state index contributed by atoms with van der Waals surface area (Å²) in [5, 5.41) is 10.1. The molecule has 2 heteroatoms. The highest BCUT2D eigenvalue weighted by Crippen LogP contribution is 2.40. The zero-order chi connectivity index (χ0) is 34.2. The molecule has 2 aromatic heterocycles. The van der Waals surface area contributed by atoms with Gasteiger partial charge in [-0.15, -0.1) is 0 Å². The molecule has 0 N–H and O–H groups in total. The van der Waals surface area contributed by atoms with Crippen LogP contribution >= 0.6 is 0 Å². The van der Waals surface area contributed by atoms with E-state index >= 15 is 0 Å². The third kappa shape index (κ3) is 4.38. The number of aromatic nitrogens is 2. The average molecular weight is 661 g/mol. The van der Waals surface area contributed by atoms with E-state index in [2.05, 4.69) is 203 Å². The third-order valence-electron chi connectivity index (χ3n) is 10.9. The summed E-state index contributed by atoms with van der Waals surface area (Å²) in [4.78, 5) is 0. The molecule has 0 atom stereocenters. The number of hydrogen-bond acceptors (Lipinski definition) is 0. The van der Waals surface area contributed by atoms with Gasteiger partial charge in [0.05, 0.1) is 22.1 Å². The largest absolute Gasteiger partial charge is 0.309 e. The van der Waals surface area contributed by atoms with E-state index in [4.69, 9.17) is 0 Å². The van der Waals surface area contributed by atoms with E-state index in [1.165, 1.54) is 93.1 Å². The van der Waals surface area contributed by atoms with Crippen molar-refractivity contribution in [3.8, 4) is 33.6 Å². The van der Waals surface area contributed by atoms with Gasteiger partial charge in [0.2, 0.25) is 0 Å². The zero-order valence-corrected chi connectivity index (χ0v) is 28.4. The van der Waals surface area contributed by atoms with Crippen LogP contribution in [0.1, 0.15) is 0 Å². The van der Waals surface area contributed by atoms with Gasteiger partial charge < -0.3 is 9.13 Å². The topological polar surface area (TPSA) is 9.86 Å². The molecule has 242 valence electrons. The molecule has 11 rings (SSSR count). The molecular weight excluding hydrogens is 629 g/mol. The minimum absolute atomic E-state index is 1.16. The van der Waals surface area contributed by atoms with Crippen LogP contribution in [0.4, 0.5) is 0 Å². The first-order chi connectivity index (χ1) is 25.8. The lowest BCUT2D eigenvalue weighted by Gasteiger charge is -2.11. The molecule has 2 nitrogen and oxygen atoms in total. The van der Waals surface area contributed by atoms with Crippen molar-refractivity contribution in [1.29, 1.82) is 0 Å². The van der Waals surface area contributed by atoms with Crippen molar-refractivity contribution < 1.29 is 0 Å². The van der Waals surface area contributed by atoms with Crippen LogP contribution in [0.3, 0.4) is 0 Å². The maximum atomic E-state index is 2.42. The second-order valence-electron chi connectivity index (χ2n) is 13.8. The molecule has 0 unspecified atom stereocenters. The zero-order valence-electron chi connectivity index (χ0n) is 28.4. The van der Waals surface area contributed by atoms with E-state index in [1.54, 1.807) is 0 Å². The molecular formula is C50H32N2. The Morgan fingerprint density at radius 3 is 1.63 bits per heavy atom. The van der Waals surface area contributed by atoms with Crippen molar-refractivity contribution in [3.05, 3.63) is 194 Å². The third-order valence-corrected chi connectivity index (χ3v) is 10.9. The molecule has 0 spiro atoms. The van der Waals surface area contributed by atoms with E-state index in [1.807, 2.05) is 0 Å². The van der Waals surface area contributed by atoms with Gasteiger partial charge in [-0.1, -0.05) is 140 Å². The quantitative estimate of drug-likeness (QED) is 0.178. The van der Waals surface area contributed by atoms with Crippen molar-refractivity contribution in [2.45, 2.75) is 0 Å². The maximum absolute atomic E-state index is 2.42. The van der Waals surface area contributed by atoms with Gasteiger partial charge in [0.1, 0.15) is 0 Å². The molecule has 0 saturated carbocycles. The van der Waals surface area contributed by atoms with E-state index in [0.717, 1.165) is 5.69 Å². The lowest BCUT2D eigenvalue weighted by Crippen LogP contribution is -1.94. The van der Waals surface area contributed by atoms with E-state index in [-0.39, 0.29) is 0 Å². The van der Waals surface area contributed by atoms with Crippen molar-refractivity contribution in [2.75, 3.05) is 0 Å². The molecule has 0 bridgehead atoms. The number of para-hydroxylation sites is 2. The van der Waals surface area contributed by atoms with Crippen LogP contribution in [0.15, 0.2) is 194 Å². The average Bonchev–Trinajstić information content (AvgIpc) is 3.74. The molecule has 0 aliphatic rings. The van der Waals surface area contributed by atoms with Crippen LogP contribution in [0.5, 0.6) is 0 Å². The Morgan fingerprint density at radius 2 is 0.808 bits per heavy atom. The Hall–Kier alpha value is -6.90. The molecule has 0 saturated heterocycles. The number of rotatable bonds is 4. The first-order valence-electron chi connectivity index (χ1n) is 17.9. The summed E-state index contributed by atoms with van der Waals surface area (Å²) < 4.78 is 4.83. The molecule has 0 amide bonds. The highest BCUT2D eigenvalue weighted by Gasteiger charge is 2.17. The van der Waals surface area contributed by atoms with Gasteiger partial charge in [0, 0.05) is 32.9 Å². The van der Waals surface area contributed by atoms with Gasteiger partial charge in [-0.3, -0.25) is 0 Å². The summed E-state index contributed by atoms with van der Waals surface area (Å²) in [5.74, 6) is 0. The van der Waals surface area contributed by atoms with Crippen LogP contribution < -0.4 is 0 Å². The second kappa shape index (κ2) is 11.3. The fourth-order valence-electron chi connectivity index (χ4n) is 8.43. The summed E-state index contributed by atoms with van der Waals surface area (Å²) in [6.07, 6.45) is 0. The SMILES string of the molecule is c1ccc(-c2ccc(-n3c4ccccc4c4ccc(-c5ccc6c(ccc7c6c6ccccc6n7-c6ccc7ccccc7c6)c5)cc43)cc2)cc1. The fourth-order valence-corrected chi connectivity index (χ4v) is 8.43. The minimum atomic E-state index is 1.16. The normalized spacial score (nSPS) is 11.8. The Morgan fingerprint density at radius 1 is 0.250 bits per heavy atom. The molecule has 9 aromatic carbocycles. The Balaban J connectivity index is 1.06. The Bertz CT molecular complexity index is 3160. The fraction of sp³-hybridized carbons (Fsp3) is 0. The van der Waals surface area contributed by atoms with Crippen LogP contribution in [0.2, 0.25) is 0 Å². The lowest BCUT2D eigenvalue weighted by molar-refractivity contribution is 1.18. The molecule has 0 aliphatic carbocycles. The maximum Gasteiger partial charge on any atom is 0.0547 e. The van der Waals surface area contributed by atoms with E-state index < -0.39 is 0 Å². The summed E-state index contributed by atoms with van der Waals surface area (Å²) in [5.41, 5.74) is 12.1. The van der Waals surface area contributed by atoms with Crippen molar-refractivity contribution in [2.24, 2.45) is 0 Å². The first-order valence-corrected chi connectivity index (χ1v) is 17.9. The van der Waals surface area contributed by atoms with Crippen LogP contribution in [0, 0.1) is 0 Å². The molecule has 52 heavy (non-hydrogen) atoms. The molecule has 0 aliphatic heterocycles. The highest BCUT2D eigenvalue weighted by atomic mass is 15.0. The van der Waals surface area contributed by atoms with Gasteiger partial charge in [0.15, 0.2) is 0 Å². The van der Waals surface area contributed by atoms with Crippen molar-refractivity contribution in [3.63, 3.8) is 0 Å². The number of benzene rings is 9. The van der Waals surface area contributed by atoms with Gasteiger partial charge >= 0.3 is 0 Å². The molecule has 0 fully saturated rings. The van der Waals surface area contributed by atoms with E-state index in [9.17, 15) is 0 Å². The standard InChI is InChI=1S/C50H32N2/c1-2-10-33(11-3-1)35-18-24-40(25-19-35)51-46-16-8-6-14-43(46)44-28-22-38(32-49(44)51)37-21-27-42-39(30-37)23-29-48-50(42)45-15-7-9-17-47(45)52(48)41-26-20-34-12-4-5-13-36(34)31-41/h1-32H. The Kier molecular flexibility index (Phi) is 6.28. The lowest BCUT2D eigenvalue weighted by atomic mass is 9.97. The van der Waals surface area contributed by atoms with Crippen molar-refractivity contribution in [1.82, 2.24) is 9.13 Å². The summed E-state index contributed by atoms with van der Waals surface area (Å²) >= 11 is 0. The number of nitrogens with zero attached hydrogens (tertiary/aromatic N) is 2. The van der Waals surface area contributed by atoms with Crippen LogP contribution in [-0.2, 0) is 0 Å². The highest BCUT2D eigenvalue weighted by molar-refractivity contribution is 6.22. The van der Waals surface area contributed by atoms with Crippen molar-refractivity contribution >= 4 is 65.2 Å². The first kappa shape index (κ1) is 28.9. The van der Waals surface area contributed by atoms with Gasteiger partial charge in [-0.25, -0.2) is 0 Å². The van der Waals surface area contributed by atoms with Gasteiger partial charge in [0.25, 0.3) is 0 Å². The Labute approximate surface area is 301 Å². The number of fused-ring (bicyclic) bond motifs is 9. The van der Waals surface area contributed by atoms with Crippen LogP contribution in [-0.4, -0.2) is 9.13 Å². The second-order valence-corrected chi connectivity index (χ2v) is 13.8.